The van der Waals surface area contributed by atoms with Crippen LogP contribution < -0.4 is 20.1 Å². The van der Waals surface area contributed by atoms with E-state index in [4.69, 9.17) is 21.7 Å². The van der Waals surface area contributed by atoms with Gasteiger partial charge in [-0.2, -0.15) is 5.10 Å². The van der Waals surface area contributed by atoms with Gasteiger partial charge in [-0.1, -0.05) is 12.1 Å². The highest BCUT2D eigenvalue weighted by Gasteiger charge is 2.14. The number of benzene rings is 2. The molecule has 29 heavy (non-hydrogen) atoms. The van der Waals surface area contributed by atoms with E-state index >= 15 is 0 Å². The summed E-state index contributed by atoms with van der Waals surface area (Å²) in [6.07, 6.45) is 0. The van der Waals surface area contributed by atoms with Crippen LogP contribution >= 0.6 is 12.2 Å². The summed E-state index contributed by atoms with van der Waals surface area (Å²) in [7, 11) is 3.18. The largest absolute Gasteiger partial charge is 0.497 e. The van der Waals surface area contributed by atoms with Gasteiger partial charge in [0.05, 0.1) is 37.8 Å². The van der Waals surface area contributed by atoms with Crippen LogP contribution in [0.4, 0.5) is 15.8 Å². The minimum absolute atomic E-state index is 0.263. The van der Waals surface area contributed by atoms with E-state index in [1.165, 1.54) is 12.1 Å². The third-order valence-electron chi connectivity index (χ3n) is 4.45. The van der Waals surface area contributed by atoms with Crippen molar-refractivity contribution in [3.8, 4) is 11.5 Å². The molecule has 2 N–H and O–H groups in total. The van der Waals surface area contributed by atoms with Crippen molar-refractivity contribution in [1.82, 2.24) is 9.78 Å². The number of hydrogen-bond donors (Lipinski definition) is 2. The summed E-state index contributed by atoms with van der Waals surface area (Å²) < 4.78 is 25.8. The lowest BCUT2D eigenvalue weighted by atomic mass is 10.2. The number of hydrogen-bond acceptors (Lipinski definition) is 4. The summed E-state index contributed by atoms with van der Waals surface area (Å²) in [6, 6.07) is 11.9. The summed E-state index contributed by atoms with van der Waals surface area (Å²) in [5.41, 5.74) is 4.09. The van der Waals surface area contributed by atoms with Crippen LogP contribution in [0.5, 0.6) is 11.5 Å². The number of halogens is 1. The maximum Gasteiger partial charge on any atom is 0.175 e. The first-order chi connectivity index (χ1) is 13.9. The molecule has 0 spiro atoms. The van der Waals surface area contributed by atoms with E-state index in [1.807, 2.05) is 36.7 Å². The topological polar surface area (TPSA) is 60.3 Å². The second-order valence-electron chi connectivity index (χ2n) is 6.51. The van der Waals surface area contributed by atoms with Crippen LogP contribution in [0.25, 0.3) is 0 Å². The average molecular weight is 415 g/mol. The predicted molar refractivity (Wildman–Crippen MR) is 117 cm³/mol. The fourth-order valence-electron chi connectivity index (χ4n) is 3.00. The third kappa shape index (κ3) is 5.03. The Kier molecular flexibility index (Phi) is 6.33. The minimum Gasteiger partial charge on any atom is -0.497 e. The molecule has 0 radical (unpaired) electrons. The molecule has 0 saturated heterocycles. The first-order valence-corrected chi connectivity index (χ1v) is 9.40. The lowest BCUT2D eigenvalue weighted by Crippen LogP contribution is -2.20. The molecule has 152 valence electrons. The molecule has 1 heterocycles. The summed E-state index contributed by atoms with van der Waals surface area (Å²) >= 11 is 5.46. The fraction of sp³-hybridized carbons (Fsp3) is 0.238. The van der Waals surface area contributed by atoms with Crippen molar-refractivity contribution in [2.45, 2.75) is 20.4 Å². The number of thiocarbonyl (C=S) groups is 1. The first-order valence-electron chi connectivity index (χ1n) is 8.99. The zero-order valence-corrected chi connectivity index (χ0v) is 17.6. The van der Waals surface area contributed by atoms with E-state index in [0.717, 1.165) is 28.3 Å². The summed E-state index contributed by atoms with van der Waals surface area (Å²) in [5, 5.41) is 11.3. The zero-order chi connectivity index (χ0) is 21.0. The highest BCUT2D eigenvalue weighted by atomic mass is 32.1. The van der Waals surface area contributed by atoms with E-state index in [-0.39, 0.29) is 5.82 Å². The quantitative estimate of drug-likeness (QED) is 0.579. The van der Waals surface area contributed by atoms with Crippen LogP contribution in [0.3, 0.4) is 0 Å². The van der Waals surface area contributed by atoms with Gasteiger partial charge in [-0.05, 0) is 43.8 Å². The molecule has 0 aliphatic rings. The minimum atomic E-state index is -0.263. The SMILES string of the molecule is COc1cc(NC(=S)Nc2c(C)nn(Cc3cccc(F)c3)c2C)cc(OC)c1. The first kappa shape index (κ1) is 20.6. The lowest BCUT2D eigenvalue weighted by Gasteiger charge is -2.13. The lowest BCUT2D eigenvalue weighted by molar-refractivity contribution is 0.395. The molecular weight excluding hydrogens is 391 g/mol. The molecule has 0 fully saturated rings. The van der Waals surface area contributed by atoms with E-state index in [9.17, 15) is 4.39 Å². The van der Waals surface area contributed by atoms with Crippen molar-refractivity contribution in [1.29, 1.82) is 0 Å². The Hall–Kier alpha value is -3.13. The van der Waals surface area contributed by atoms with Gasteiger partial charge >= 0.3 is 0 Å². The van der Waals surface area contributed by atoms with Crippen molar-refractivity contribution >= 4 is 28.7 Å². The van der Waals surface area contributed by atoms with Gasteiger partial charge in [0.25, 0.3) is 0 Å². The zero-order valence-electron chi connectivity index (χ0n) is 16.7. The Balaban J connectivity index is 1.75. The van der Waals surface area contributed by atoms with Gasteiger partial charge in [0, 0.05) is 23.9 Å². The number of methoxy groups -OCH3 is 2. The van der Waals surface area contributed by atoms with Crippen LogP contribution in [-0.2, 0) is 6.54 Å². The standard InChI is InChI=1S/C21H23FN4O2S/c1-13-20(14(2)26(25-13)12-15-6-5-7-16(22)8-15)24-21(29)23-17-9-18(27-3)11-19(10-17)28-4/h5-11H,12H2,1-4H3,(H2,23,24,29). The molecule has 3 rings (SSSR count). The number of ether oxygens (including phenoxy) is 2. The Labute approximate surface area is 174 Å². The fourth-order valence-corrected chi connectivity index (χ4v) is 3.22. The van der Waals surface area contributed by atoms with Crippen LogP contribution in [0.1, 0.15) is 17.0 Å². The van der Waals surface area contributed by atoms with Crippen molar-refractivity contribution in [3.05, 3.63) is 65.2 Å². The highest BCUT2D eigenvalue weighted by molar-refractivity contribution is 7.80. The maximum absolute atomic E-state index is 13.5. The summed E-state index contributed by atoms with van der Waals surface area (Å²) in [5.74, 6) is 1.05. The summed E-state index contributed by atoms with van der Waals surface area (Å²) in [6.45, 7) is 4.31. The van der Waals surface area contributed by atoms with Gasteiger partial charge in [0.1, 0.15) is 17.3 Å². The molecule has 0 aliphatic heterocycles. The van der Waals surface area contributed by atoms with Crippen LogP contribution in [0, 0.1) is 19.7 Å². The molecule has 1 aromatic heterocycles. The second-order valence-corrected chi connectivity index (χ2v) is 6.92. The molecule has 2 aromatic carbocycles. The molecule has 8 heteroatoms. The van der Waals surface area contributed by atoms with E-state index in [2.05, 4.69) is 15.7 Å². The molecule has 0 saturated carbocycles. The van der Waals surface area contributed by atoms with E-state index < -0.39 is 0 Å². The number of rotatable bonds is 6. The number of nitrogens with zero attached hydrogens (tertiary/aromatic N) is 2. The van der Waals surface area contributed by atoms with Crippen LogP contribution in [0.2, 0.25) is 0 Å². The Morgan fingerprint density at radius 1 is 1.07 bits per heavy atom. The molecule has 0 unspecified atom stereocenters. The monoisotopic (exact) mass is 414 g/mol. The molecular formula is C21H23FN4O2S. The van der Waals surface area contributed by atoms with Crippen molar-refractivity contribution in [2.75, 3.05) is 24.9 Å². The molecule has 0 atom stereocenters. The van der Waals surface area contributed by atoms with Crippen LogP contribution in [0.15, 0.2) is 42.5 Å². The second kappa shape index (κ2) is 8.91. The Morgan fingerprint density at radius 2 is 1.76 bits per heavy atom. The molecule has 0 amide bonds. The molecule has 3 aromatic rings. The van der Waals surface area contributed by atoms with Crippen LogP contribution in [-0.4, -0.2) is 29.1 Å². The van der Waals surface area contributed by atoms with E-state index in [1.54, 1.807) is 26.4 Å². The third-order valence-corrected chi connectivity index (χ3v) is 4.65. The van der Waals surface area contributed by atoms with Gasteiger partial charge in [-0.3, -0.25) is 4.68 Å². The van der Waals surface area contributed by atoms with Gasteiger partial charge in [-0.15, -0.1) is 0 Å². The number of aryl methyl sites for hydroxylation is 1. The number of anilines is 2. The Bertz CT molecular complexity index is 1010. The van der Waals surface area contributed by atoms with Gasteiger partial charge in [0.15, 0.2) is 5.11 Å². The summed E-state index contributed by atoms with van der Waals surface area (Å²) in [4.78, 5) is 0. The molecule has 6 nitrogen and oxygen atoms in total. The predicted octanol–water partition coefficient (Wildman–Crippen LogP) is 4.51. The molecule has 0 aliphatic carbocycles. The van der Waals surface area contributed by atoms with Crippen molar-refractivity contribution in [3.63, 3.8) is 0 Å². The number of nitrogens with one attached hydrogen (secondary N) is 2. The maximum atomic E-state index is 13.5. The smallest absolute Gasteiger partial charge is 0.175 e. The molecule has 0 bridgehead atoms. The van der Waals surface area contributed by atoms with Crippen molar-refractivity contribution in [2.24, 2.45) is 0 Å². The number of aromatic nitrogens is 2. The van der Waals surface area contributed by atoms with Gasteiger partial charge < -0.3 is 20.1 Å². The van der Waals surface area contributed by atoms with Crippen molar-refractivity contribution < 1.29 is 13.9 Å². The highest BCUT2D eigenvalue weighted by Crippen LogP contribution is 2.26. The average Bonchev–Trinajstić information content (AvgIpc) is 2.95. The normalized spacial score (nSPS) is 10.5. The van der Waals surface area contributed by atoms with Gasteiger partial charge in [0.2, 0.25) is 0 Å². The Morgan fingerprint density at radius 3 is 2.38 bits per heavy atom. The van der Waals surface area contributed by atoms with Gasteiger partial charge in [-0.25, -0.2) is 4.39 Å². The van der Waals surface area contributed by atoms with E-state index in [0.29, 0.717) is 23.2 Å².